The van der Waals surface area contributed by atoms with E-state index in [-0.39, 0.29) is 18.8 Å². The summed E-state index contributed by atoms with van der Waals surface area (Å²) >= 11 is 0.738. The van der Waals surface area contributed by atoms with Gasteiger partial charge < -0.3 is 20.5 Å². The second-order valence-corrected chi connectivity index (χ2v) is 9.02. The topological polar surface area (TPSA) is 146 Å². The van der Waals surface area contributed by atoms with Crippen LogP contribution in [0.4, 0.5) is 5.82 Å². The molecule has 0 spiro atoms. The number of aromatic nitrogens is 4. The fraction of sp³-hybridized carbons (Fsp3) is 0.545. The molecular formula is C11H16N5O5PS. The summed E-state index contributed by atoms with van der Waals surface area (Å²) in [6, 6.07) is 0. The number of aliphatic hydroxyl groups excluding tert-OH is 1. The maximum absolute atomic E-state index is 11.5. The first-order valence-corrected chi connectivity index (χ1v) is 10.1. The predicted molar refractivity (Wildman–Crippen MR) is 83.6 cm³/mol. The summed E-state index contributed by atoms with van der Waals surface area (Å²) < 4.78 is 23.7. The van der Waals surface area contributed by atoms with Crippen LogP contribution in [-0.2, 0) is 13.8 Å². The van der Waals surface area contributed by atoms with E-state index in [0.29, 0.717) is 11.2 Å². The highest BCUT2D eigenvalue weighted by Crippen LogP contribution is 2.54. The standard InChI is InChI=1S/C11H16N5O5PS/c1-23-22(18,19)20-3-6-2-7(17)11(21-6)16-5-15-8-9(12)13-4-14-10(8)16/h4-7,11,17H,2-3H2,1H3,(H,18,19)(H2,12,13,14)/t6?,7-,11-/m1/s1. The van der Waals surface area contributed by atoms with Crippen molar-refractivity contribution in [1.82, 2.24) is 19.5 Å². The van der Waals surface area contributed by atoms with Gasteiger partial charge in [0.2, 0.25) is 0 Å². The van der Waals surface area contributed by atoms with Crippen LogP contribution in [-0.4, -0.2) is 54.6 Å². The molecule has 0 amide bonds. The van der Waals surface area contributed by atoms with Gasteiger partial charge in [-0.15, -0.1) is 0 Å². The Morgan fingerprint density at radius 1 is 1.57 bits per heavy atom. The molecular weight excluding hydrogens is 345 g/mol. The van der Waals surface area contributed by atoms with Gasteiger partial charge in [-0.05, 0) is 17.6 Å². The maximum atomic E-state index is 11.5. The lowest BCUT2D eigenvalue weighted by Gasteiger charge is -2.17. The number of hydrogen-bond acceptors (Lipinski definition) is 9. The summed E-state index contributed by atoms with van der Waals surface area (Å²) in [7, 11) is 0. The summed E-state index contributed by atoms with van der Waals surface area (Å²) in [5.41, 5.74) is 6.60. The van der Waals surface area contributed by atoms with Crippen molar-refractivity contribution in [2.45, 2.75) is 24.9 Å². The van der Waals surface area contributed by atoms with Crippen molar-refractivity contribution in [3.05, 3.63) is 12.7 Å². The fourth-order valence-corrected chi connectivity index (χ4v) is 3.33. The van der Waals surface area contributed by atoms with Gasteiger partial charge in [-0.2, -0.15) is 0 Å². The Bertz CT molecular complexity index is 757. The maximum Gasteiger partial charge on any atom is 0.386 e. The predicted octanol–water partition coefficient (Wildman–Crippen LogP) is 0.537. The molecule has 1 aliphatic heterocycles. The van der Waals surface area contributed by atoms with Crippen LogP contribution in [0.2, 0.25) is 0 Å². The molecule has 2 aromatic heterocycles. The van der Waals surface area contributed by atoms with E-state index in [4.69, 9.17) is 15.0 Å². The van der Waals surface area contributed by atoms with Crippen molar-refractivity contribution in [2.75, 3.05) is 18.6 Å². The molecule has 23 heavy (non-hydrogen) atoms. The zero-order valence-corrected chi connectivity index (χ0v) is 13.9. The number of nitrogen functional groups attached to an aromatic ring is 1. The Morgan fingerprint density at radius 3 is 3.09 bits per heavy atom. The Hall–Kier alpha value is -1.23. The Kier molecular flexibility index (Phi) is 4.59. The highest BCUT2D eigenvalue weighted by atomic mass is 32.7. The average Bonchev–Trinajstić information content (AvgIpc) is 3.09. The van der Waals surface area contributed by atoms with Gasteiger partial charge in [-0.1, -0.05) is 0 Å². The van der Waals surface area contributed by atoms with Crippen molar-refractivity contribution in [1.29, 1.82) is 0 Å². The molecule has 0 aromatic carbocycles. The number of fused-ring (bicyclic) bond motifs is 1. The molecule has 10 nitrogen and oxygen atoms in total. The minimum atomic E-state index is -3.67. The molecule has 0 aliphatic carbocycles. The summed E-state index contributed by atoms with van der Waals surface area (Å²) in [5, 5.41) is 10.2. The minimum Gasteiger partial charge on any atom is -0.388 e. The van der Waals surface area contributed by atoms with Gasteiger partial charge in [0, 0.05) is 6.42 Å². The summed E-state index contributed by atoms with van der Waals surface area (Å²) in [6.45, 7) is -3.76. The molecule has 4 N–H and O–H groups in total. The van der Waals surface area contributed by atoms with E-state index in [0.717, 1.165) is 11.4 Å². The second-order valence-electron chi connectivity index (χ2n) is 4.98. The normalized spacial score (nSPS) is 27.3. The van der Waals surface area contributed by atoms with E-state index in [2.05, 4.69) is 15.0 Å². The van der Waals surface area contributed by atoms with Crippen molar-refractivity contribution >= 4 is 35.2 Å². The van der Waals surface area contributed by atoms with Gasteiger partial charge in [0.15, 0.2) is 17.7 Å². The van der Waals surface area contributed by atoms with Crippen LogP contribution in [0.15, 0.2) is 12.7 Å². The number of nitrogens with two attached hydrogens (primary N) is 1. The lowest BCUT2D eigenvalue weighted by atomic mass is 10.2. The van der Waals surface area contributed by atoms with Crippen LogP contribution in [0.25, 0.3) is 11.2 Å². The second kappa shape index (κ2) is 6.34. The zero-order valence-electron chi connectivity index (χ0n) is 12.1. The van der Waals surface area contributed by atoms with E-state index in [9.17, 15) is 14.6 Å². The van der Waals surface area contributed by atoms with E-state index >= 15 is 0 Å². The zero-order chi connectivity index (χ0) is 16.6. The van der Waals surface area contributed by atoms with Crippen LogP contribution < -0.4 is 5.73 Å². The van der Waals surface area contributed by atoms with Gasteiger partial charge in [0.05, 0.1) is 19.0 Å². The molecule has 12 heteroatoms. The molecule has 4 atom stereocenters. The monoisotopic (exact) mass is 361 g/mol. The molecule has 0 bridgehead atoms. The van der Waals surface area contributed by atoms with Crippen molar-refractivity contribution in [3.63, 3.8) is 0 Å². The van der Waals surface area contributed by atoms with Crippen LogP contribution in [0.3, 0.4) is 0 Å². The summed E-state index contributed by atoms with van der Waals surface area (Å²) in [5.74, 6) is 0.238. The number of ether oxygens (including phenoxy) is 1. The van der Waals surface area contributed by atoms with Gasteiger partial charge in [0.1, 0.15) is 17.9 Å². The minimum absolute atomic E-state index is 0.0913. The molecule has 2 aromatic rings. The third-order valence-corrected chi connectivity index (χ3v) is 6.12. The van der Waals surface area contributed by atoms with E-state index in [1.54, 1.807) is 4.57 Å². The summed E-state index contributed by atoms with van der Waals surface area (Å²) in [4.78, 5) is 21.5. The molecule has 1 saturated heterocycles. The van der Waals surface area contributed by atoms with E-state index < -0.39 is 25.2 Å². The molecule has 3 heterocycles. The lowest BCUT2D eigenvalue weighted by molar-refractivity contribution is -0.0461. The highest BCUT2D eigenvalue weighted by Gasteiger charge is 2.37. The van der Waals surface area contributed by atoms with Crippen molar-refractivity contribution in [3.8, 4) is 0 Å². The number of nitrogens with zero attached hydrogens (tertiary/aromatic N) is 4. The SMILES string of the molecule is CSP(=O)(O)OCC1C[C@@H](O)[C@H](n2cnc3c(N)ncnc32)O1. The molecule has 126 valence electrons. The van der Waals surface area contributed by atoms with Gasteiger partial charge in [-0.25, -0.2) is 19.5 Å². The first kappa shape index (κ1) is 16.6. The van der Waals surface area contributed by atoms with Crippen LogP contribution in [0, 0.1) is 0 Å². The Morgan fingerprint density at radius 2 is 2.35 bits per heavy atom. The fourth-order valence-electron chi connectivity index (χ4n) is 2.37. The molecule has 2 unspecified atom stereocenters. The quantitative estimate of drug-likeness (QED) is 0.645. The van der Waals surface area contributed by atoms with E-state index in [1.165, 1.54) is 18.9 Å². The Balaban J connectivity index is 1.76. The number of aliphatic hydroxyl groups is 1. The van der Waals surface area contributed by atoms with Gasteiger partial charge in [-0.3, -0.25) is 9.09 Å². The molecule has 0 saturated carbocycles. The first-order chi connectivity index (χ1) is 10.9. The molecule has 3 rings (SSSR count). The van der Waals surface area contributed by atoms with Gasteiger partial charge >= 0.3 is 6.80 Å². The smallest absolute Gasteiger partial charge is 0.386 e. The van der Waals surface area contributed by atoms with Crippen LogP contribution in [0.1, 0.15) is 12.6 Å². The first-order valence-electron chi connectivity index (χ1n) is 6.71. The van der Waals surface area contributed by atoms with Crippen molar-refractivity contribution in [2.24, 2.45) is 0 Å². The molecule has 1 fully saturated rings. The number of hydrogen-bond donors (Lipinski definition) is 3. The number of anilines is 1. The highest BCUT2D eigenvalue weighted by molar-refractivity contribution is 8.54. The number of rotatable bonds is 5. The third-order valence-electron chi connectivity index (χ3n) is 3.48. The Labute approximate surface area is 135 Å². The largest absolute Gasteiger partial charge is 0.388 e. The number of imidazole rings is 1. The van der Waals surface area contributed by atoms with Crippen LogP contribution in [0.5, 0.6) is 0 Å². The molecule has 0 radical (unpaired) electrons. The van der Waals surface area contributed by atoms with E-state index in [1.807, 2.05) is 0 Å². The molecule has 1 aliphatic rings. The summed E-state index contributed by atoms with van der Waals surface area (Å²) in [6.07, 6.45) is 2.44. The van der Waals surface area contributed by atoms with Crippen molar-refractivity contribution < 1.29 is 23.8 Å². The van der Waals surface area contributed by atoms with Crippen LogP contribution >= 0.6 is 18.2 Å². The lowest BCUT2D eigenvalue weighted by Crippen LogP contribution is -2.19. The van der Waals surface area contributed by atoms with Gasteiger partial charge in [0.25, 0.3) is 0 Å². The average molecular weight is 361 g/mol. The third kappa shape index (κ3) is 3.35.